The van der Waals surface area contributed by atoms with Crippen LogP contribution in [-0.2, 0) is 0 Å². The first-order valence-electron chi connectivity index (χ1n) is 9.48. The summed E-state index contributed by atoms with van der Waals surface area (Å²) in [5.41, 5.74) is 1.57. The van der Waals surface area contributed by atoms with Gasteiger partial charge in [0.15, 0.2) is 11.5 Å². The number of halogens is 1. The minimum absolute atomic E-state index is 0.161. The van der Waals surface area contributed by atoms with Crippen molar-refractivity contribution in [3.05, 3.63) is 41.1 Å². The van der Waals surface area contributed by atoms with Gasteiger partial charge in [-0.2, -0.15) is 0 Å². The SMILES string of the molecule is COc1ccc(Br)cc1Nc1ncnc2cc(OC)c(OC3CCNCC3)cc12. The highest BCUT2D eigenvalue weighted by atomic mass is 79.9. The number of methoxy groups -OCH3 is 2. The molecule has 0 unspecified atom stereocenters. The van der Waals surface area contributed by atoms with Crippen LogP contribution in [0, 0.1) is 0 Å². The van der Waals surface area contributed by atoms with Crippen LogP contribution in [-0.4, -0.2) is 43.4 Å². The number of anilines is 2. The summed E-state index contributed by atoms with van der Waals surface area (Å²) in [5.74, 6) is 2.76. The molecule has 8 heteroatoms. The van der Waals surface area contributed by atoms with Crippen LogP contribution >= 0.6 is 15.9 Å². The van der Waals surface area contributed by atoms with Crippen LogP contribution in [0.15, 0.2) is 41.1 Å². The molecule has 2 heterocycles. The maximum absolute atomic E-state index is 6.27. The second kappa shape index (κ2) is 8.84. The van der Waals surface area contributed by atoms with E-state index in [-0.39, 0.29) is 6.10 Å². The van der Waals surface area contributed by atoms with Crippen LogP contribution in [0.2, 0.25) is 0 Å². The zero-order valence-electron chi connectivity index (χ0n) is 16.4. The molecule has 152 valence electrons. The molecule has 0 spiro atoms. The molecular weight excluding hydrogens is 436 g/mol. The highest BCUT2D eigenvalue weighted by molar-refractivity contribution is 9.10. The van der Waals surface area contributed by atoms with Gasteiger partial charge < -0.3 is 24.8 Å². The lowest BCUT2D eigenvalue weighted by Crippen LogP contribution is -2.34. The van der Waals surface area contributed by atoms with E-state index >= 15 is 0 Å². The van der Waals surface area contributed by atoms with Gasteiger partial charge in [-0.3, -0.25) is 0 Å². The van der Waals surface area contributed by atoms with Gasteiger partial charge in [-0.05, 0) is 50.2 Å². The summed E-state index contributed by atoms with van der Waals surface area (Å²) in [4.78, 5) is 8.85. The van der Waals surface area contributed by atoms with Gasteiger partial charge in [0.25, 0.3) is 0 Å². The molecule has 0 bridgehead atoms. The Labute approximate surface area is 177 Å². The van der Waals surface area contributed by atoms with Crippen molar-refractivity contribution in [3.63, 3.8) is 0 Å². The average molecular weight is 459 g/mol. The molecule has 1 saturated heterocycles. The molecule has 1 aliphatic heterocycles. The van der Waals surface area contributed by atoms with Crippen molar-refractivity contribution in [2.45, 2.75) is 18.9 Å². The molecule has 7 nitrogen and oxygen atoms in total. The van der Waals surface area contributed by atoms with Crippen LogP contribution in [0.1, 0.15) is 12.8 Å². The van der Waals surface area contributed by atoms with E-state index in [1.807, 2.05) is 30.3 Å². The topological polar surface area (TPSA) is 77.5 Å². The first kappa shape index (κ1) is 19.7. The Balaban J connectivity index is 1.73. The van der Waals surface area contributed by atoms with Gasteiger partial charge in [0, 0.05) is 15.9 Å². The van der Waals surface area contributed by atoms with E-state index in [0.717, 1.165) is 52.7 Å². The molecule has 2 N–H and O–H groups in total. The van der Waals surface area contributed by atoms with E-state index in [1.165, 1.54) is 6.33 Å². The largest absolute Gasteiger partial charge is 0.495 e. The number of hydrogen-bond acceptors (Lipinski definition) is 7. The van der Waals surface area contributed by atoms with Gasteiger partial charge in [0.1, 0.15) is 24.0 Å². The third-order valence-corrected chi connectivity index (χ3v) is 5.41. The summed E-state index contributed by atoms with van der Waals surface area (Å²) >= 11 is 3.50. The van der Waals surface area contributed by atoms with Crippen LogP contribution < -0.4 is 24.8 Å². The molecular formula is C21H23BrN4O3. The summed E-state index contributed by atoms with van der Waals surface area (Å²) in [5, 5.41) is 7.56. The van der Waals surface area contributed by atoms with Gasteiger partial charge in [0.2, 0.25) is 0 Å². The van der Waals surface area contributed by atoms with Crippen LogP contribution in [0.25, 0.3) is 10.9 Å². The Kier molecular flexibility index (Phi) is 6.01. The van der Waals surface area contributed by atoms with Gasteiger partial charge >= 0.3 is 0 Å². The number of aromatic nitrogens is 2. The number of nitrogens with one attached hydrogen (secondary N) is 2. The van der Waals surface area contributed by atoms with Crippen LogP contribution in [0.5, 0.6) is 17.2 Å². The molecule has 2 aromatic carbocycles. The molecule has 29 heavy (non-hydrogen) atoms. The fourth-order valence-corrected chi connectivity index (χ4v) is 3.77. The molecule has 1 aromatic heterocycles. The second-order valence-electron chi connectivity index (χ2n) is 6.78. The molecule has 3 aromatic rings. The van der Waals surface area contributed by atoms with E-state index in [9.17, 15) is 0 Å². The summed E-state index contributed by atoms with van der Waals surface area (Å²) in [6.45, 7) is 1.91. The van der Waals surface area contributed by atoms with E-state index in [1.54, 1.807) is 14.2 Å². The van der Waals surface area contributed by atoms with Crippen molar-refractivity contribution in [2.24, 2.45) is 0 Å². The number of ether oxygens (including phenoxy) is 3. The lowest BCUT2D eigenvalue weighted by Gasteiger charge is -2.25. The van der Waals surface area contributed by atoms with Gasteiger partial charge in [-0.1, -0.05) is 15.9 Å². The van der Waals surface area contributed by atoms with E-state index < -0.39 is 0 Å². The number of hydrogen-bond donors (Lipinski definition) is 2. The molecule has 4 rings (SSSR count). The van der Waals surface area contributed by atoms with Crippen LogP contribution in [0.3, 0.4) is 0 Å². The lowest BCUT2D eigenvalue weighted by molar-refractivity contribution is 0.157. The standard InChI is InChI=1S/C21H23BrN4O3/c1-27-18-4-3-13(22)9-17(18)26-21-15-10-20(29-14-5-7-23-8-6-14)19(28-2)11-16(15)24-12-25-21/h3-4,9-12,14,23H,5-8H2,1-2H3,(H,24,25,26). The molecule has 0 amide bonds. The summed E-state index contributed by atoms with van der Waals surface area (Å²) < 4.78 is 18.2. The summed E-state index contributed by atoms with van der Waals surface area (Å²) in [7, 11) is 3.28. The third-order valence-electron chi connectivity index (χ3n) is 4.92. The highest BCUT2D eigenvalue weighted by Gasteiger charge is 2.19. The Morgan fingerprint density at radius 1 is 1.00 bits per heavy atom. The fraction of sp³-hybridized carbons (Fsp3) is 0.333. The summed E-state index contributed by atoms with van der Waals surface area (Å²) in [6.07, 6.45) is 3.62. The average Bonchev–Trinajstić information content (AvgIpc) is 2.74. The van der Waals surface area contributed by atoms with Crippen molar-refractivity contribution < 1.29 is 14.2 Å². The van der Waals surface area contributed by atoms with Crippen molar-refractivity contribution in [1.29, 1.82) is 0 Å². The molecule has 0 aliphatic carbocycles. The van der Waals surface area contributed by atoms with E-state index in [4.69, 9.17) is 14.2 Å². The quantitative estimate of drug-likeness (QED) is 0.570. The zero-order valence-corrected chi connectivity index (χ0v) is 18.0. The number of nitrogens with zero attached hydrogens (tertiary/aromatic N) is 2. The number of fused-ring (bicyclic) bond motifs is 1. The van der Waals surface area contributed by atoms with Gasteiger partial charge in [0.05, 0.1) is 25.4 Å². The molecule has 1 aliphatic rings. The Bertz CT molecular complexity index is 1010. The smallest absolute Gasteiger partial charge is 0.162 e. The van der Waals surface area contributed by atoms with E-state index in [2.05, 4.69) is 36.5 Å². The number of rotatable bonds is 6. The first-order chi connectivity index (χ1) is 14.2. The van der Waals surface area contributed by atoms with Gasteiger partial charge in [-0.25, -0.2) is 9.97 Å². The third kappa shape index (κ3) is 4.38. The van der Waals surface area contributed by atoms with E-state index in [0.29, 0.717) is 17.3 Å². The second-order valence-corrected chi connectivity index (χ2v) is 7.69. The van der Waals surface area contributed by atoms with Gasteiger partial charge in [-0.15, -0.1) is 0 Å². The first-order valence-corrected chi connectivity index (χ1v) is 10.3. The minimum Gasteiger partial charge on any atom is -0.495 e. The predicted octanol–water partition coefficient (Wildman–Crippen LogP) is 4.28. The number of benzene rings is 2. The molecule has 1 fully saturated rings. The predicted molar refractivity (Wildman–Crippen MR) is 117 cm³/mol. The highest BCUT2D eigenvalue weighted by Crippen LogP contribution is 2.37. The monoisotopic (exact) mass is 458 g/mol. The van der Waals surface area contributed by atoms with Crippen LogP contribution in [0.4, 0.5) is 11.5 Å². The summed E-state index contributed by atoms with van der Waals surface area (Å²) in [6, 6.07) is 9.60. The Hall–Kier alpha value is -2.58. The maximum atomic E-state index is 6.27. The maximum Gasteiger partial charge on any atom is 0.162 e. The molecule has 0 saturated carbocycles. The van der Waals surface area contributed by atoms with Crippen molar-refractivity contribution in [3.8, 4) is 17.2 Å². The normalized spacial score (nSPS) is 14.6. The Morgan fingerprint density at radius 2 is 1.79 bits per heavy atom. The number of piperidine rings is 1. The Morgan fingerprint density at radius 3 is 2.55 bits per heavy atom. The molecule has 0 atom stereocenters. The fourth-order valence-electron chi connectivity index (χ4n) is 3.41. The minimum atomic E-state index is 0.161. The molecule has 0 radical (unpaired) electrons. The van der Waals surface area contributed by atoms with Crippen molar-refractivity contribution >= 4 is 38.3 Å². The zero-order chi connectivity index (χ0) is 20.2. The van der Waals surface area contributed by atoms with Crippen molar-refractivity contribution in [2.75, 3.05) is 32.6 Å². The van der Waals surface area contributed by atoms with Crippen molar-refractivity contribution in [1.82, 2.24) is 15.3 Å². The lowest BCUT2D eigenvalue weighted by atomic mass is 10.1.